The SMILES string of the molecule is CNC(=O)C1CCCN(c2nc3ncn(CC(=O)Nc4cccc(C(C)C)c4)c(=O)c3s2)C1. The first kappa shape index (κ1) is 22.9. The molecule has 0 bridgehead atoms. The molecule has 1 aromatic carbocycles. The number of nitrogens with zero attached hydrogens (tertiary/aromatic N) is 4. The van der Waals surface area contributed by atoms with Crippen LogP contribution in [0.4, 0.5) is 10.8 Å². The molecule has 0 aliphatic carbocycles. The van der Waals surface area contributed by atoms with E-state index < -0.39 is 0 Å². The summed E-state index contributed by atoms with van der Waals surface area (Å²) in [5, 5.41) is 6.24. The van der Waals surface area contributed by atoms with Gasteiger partial charge < -0.3 is 15.5 Å². The van der Waals surface area contributed by atoms with Crippen LogP contribution in [0.1, 0.15) is 38.2 Å². The number of hydrogen-bond acceptors (Lipinski definition) is 7. The predicted molar refractivity (Wildman–Crippen MR) is 130 cm³/mol. The van der Waals surface area contributed by atoms with Crippen LogP contribution >= 0.6 is 11.3 Å². The number of rotatable bonds is 6. The number of piperidine rings is 1. The zero-order valence-corrected chi connectivity index (χ0v) is 19.8. The van der Waals surface area contributed by atoms with Gasteiger partial charge in [-0.1, -0.05) is 37.3 Å². The standard InChI is InChI=1S/C23H28N6O3S/c1-14(2)15-6-4-8-17(10-15)26-18(30)12-29-13-25-20-19(22(29)32)33-23(27-20)28-9-5-7-16(11-28)21(31)24-3/h4,6,8,10,13-14,16H,5,7,9,11-12H2,1-3H3,(H,24,31)(H,26,30). The molecular formula is C23H28N6O3S. The fourth-order valence-electron chi connectivity index (χ4n) is 3.98. The van der Waals surface area contributed by atoms with Gasteiger partial charge in [-0.05, 0) is 36.5 Å². The molecule has 174 valence electrons. The van der Waals surface area contributed by atoms with Crippen LogP contribution in [-0.4, -0.2) is 46.5 Å². The Morgan fingerprint density at radius 3 is 2.88 bits per heavy atom. The molecule has 0 radical (unpaired) electrons. The van der Waals surface area contributed by atoms with E-state index >= 15 is 0 Å². The van der Waals surface area contributed by atoms with Gasteiger partial charge in [0.2, 0.25) is 11.8 Å². The minimum Gasteiger partial charge on any atom is -0.359 e. The van der Waals surface area contributed by atoms with Crippen molar-refractivity contribution in [3.63, 3.8) is 0 Å². The van der Waals surface area contributed by atoms with Gasteiger partial charge in [-0.3, -0.25) is 19.0 Å². The first-order chi connectivity index (χ1) is 15.9. The van der Waals surface area contributed by atoms with Crippen molar-refractivity contribution in [3.05, 3.63) is 46.5 Å². The van der Waals surface area contributed by atoms with E-state index in [9.17, 15) is 14.4 Å². The summed E-state index contributed by atoms with van der Waals surface area (Å²) in [4.78, 5) is 48.5. The predicted octanol–water partition coefficient (Wildman–Crippen LogP) is 2.58. The lowest BCUT2D eigenvalue weighted by atomic mass is 9.98. The van der Waals surface area contributed by atoms with E-state index in [-0.39, 0.29) is 29.8 Å². The highest BCUT2D eigenvalue weighted by Crippen LogP contribution is 2.29. The topological polar surface area (TPSA) is 109 Å². The highest BCUT2D eigenvalue weighted by molar-refractivity contribution is 7.22. The largest absolute Gasteiger partial charge is 0.359 e. The number of carbonyl (C=O) groups excluding carboxylic acids is 2. The van der Waals surface area contributed by atoms with Gasteiger partial charge in [-0.25, -0.2) is 4.98 Å². The van der Waals surface area contributed by atoms with Crippen molar-refractivity contribution in [1.29, 1.82) is 0 Å². The molecule has 1 saturated heterocycles. The maximum absolute atomic E-state index is 13.0. The van der Waals surface area contributed by atoms with E-state index in [0.29, 0.717) is 33.6 Å². The molecule has 10 heteroatoms. The van der Waals surface area contributed by atoms with Gasteiger partial charge in [0, 0.05) is 25.8 Å². The molecule has 1 unspecified atom stereocenters. The Kier molecular flexibility index (Phi) is 6.73. The van der Waals surface area contributed by atoms with Crippen LogP contribution in [-0.2, 0) is 16.1 Å². The van der Waals surface area contributed by atoms with E-state index in [2.05, 4.69) is 34.4 Å². The number of hydrogen-bond donors (Lipinski definition) is 2. The molecular weight excluding hydrogens is 440 g/mol. The minimum absolute atomic E-state index is 0.0197. The molecule has 9 nitrogen and oxygen atoms in total. The Balaban J connectivity index is 1.50. The second-order valence-corrected chi connectivity index (χ2v) is 9.53. The third kappa shape index (κ3) is 5.05. The summed E-state index contributed by atoms with van der Waals surface area (Å²) in [6.07, 6.45) is 3.08. The van der Waals surface area contributed by atoms with Crippen LogP contribution in [0.15, 0.2) is 35.4 Å². The highest BCUT2D eigenvalue weighted by atomic mass is 32.1. The van der Waals surface area contributed by atoms with Crippen LogP contribution in [0.3, 0.4) is 0 Å². The number of carbonyl (C=O) groups is 2. The Hall–Kier alpha value is -3.27. The molecule has 1 aliphatic heterocycles. The number of nitrogens with one attached hydrogen (secondary N) is 2. The first-order valence-corrected chi connectivity index (χ1v) is 11.9. The third-order valence-electron chi connectivity index (χ3n) is 5.83. The summed E-state index contributed by atoms with van der Waals surface area (Å²) in [6.45, 7) is 5.38. The van der Waals surface area contributed by atoms with E-state index in [1.165, 1.54) is 22.2 Å². The Morgan fingerprint density at radius 2 is 2.12 bits per heavy atom. The molecule has 1 aliphatic rings. The lowest BCUT2D eigenvalue weighted by molar-refractivity contribution is -0.124. The zero-order chi connectivity index (χ0) is 23.5. The number of amides is 2. The second kappa shape index (κ2) is 9.70. The van der Waals surface area contributed by atoms with Gasteiger partial charge in [-0.15, -0.1) is 0 Å². The van der Waals surface area contributed by atoms with Crippen molar-refractivity contribution >= 4 is 44.3 Å². The van der Waals surface area contributed by atoms with Crippen molar-refractivity contribution in [2.45, 2.75) is 39.2 Å². The number of benzene rings is 1. The first-order valence-electron chi connectivity index (χ1n) is 11.1. The van der Waals surface area contributed by atoms with Crippen LogP contribution in [0.25, 0.3) is 10.3 Å². The fourth-order valence-corrected chi connectivity index (χ4v) is 4.99. The van der Waals surface area contributed by atoms with Crippen LogP contribution in [0, 0.1) is 5.92 Å². The van der Waals surface area contributed by atoms with Crippen LogP contribution in [0.5, 0.6) is 0 Å². The molecule has 2 N–H and O–H groups in total. The molecule has 0 saturated carbocycles. The number of anilines is 2. The number of fused-ring (bicyclic) bond motifs is 1. The zero-order valence-electron chi connectivity index (χ0n) is 19.0. The lowest BCUT2D eigenvalue weighted by Gasteiger charge is -2.31. The average Bonchev–Trinajstić information content (AvgIpc) is 3.26. The van der Waals surface area contributed by atoms with Gasteiger partial charge >= 0.3 is 0 Å². The summed E-state index contributed by atoms with van der Waals surface area (Å²) < 4.78 is 1.71. The van der Waals surface area contributed by atoms with E-state index in [4.69, 9.17) is 0 Å². The van der Waals surface area contributed by atoms with Crippen molar-refractivity contribution in [1.82, 2.24) is 19.9 Å². The molecule has 1 atom stereocenters. The van der Waals surface area contributed by atoms with Gasteiger partial charge in [0.1, 0.15) is 17.6 Å². The van der Waals surface area contributed by atoms with Crippen molar-refractivity contribution in [3.8, 4) is 0 Å². The maximum atomic E-state index is 13.0. The van der Waals surface area contributed by atoms with E-state index in [1.807, 2.05) is 29.2 Å². The molecule has 2 aromatic heterocycles. The number of thiazole rings is 1. The Bertz CT molecular complexity index is 1230. The molecule has 3 heterocycles. The van der Waals surface area contributed by atoms with Gasteiger partial charge in [0.05, 0.1) is 5.92 Å². The third-order valence-corrected chi connectivity index (χ3v) is 6.93. The molecule has 0 spiro atoms. The quantitative estimate of drug-likeness (QED) is 0.576. The fraction of sp³-hybridized carbons (Fsp3) is 0.435. The lowest BCUT2D eigenvalue weighted by Crippen LogP contribution is -2.42. The van der Waals surface area contributed by atoms with Crippen molar-refractivity contribution in [2.75, 3.05) is 30.4 Å². The molecule has 3 aromatic rings. The summed E-state index contributed by atoms with van der Waals surface area (Å²) in [7, 11) is 1.64. The maximum Gasteiger partial charge on any atom is 0.273 e. The monoisotopic (exact) mass is 468 g/mol. The van der Waals surface area contributed by atoms with Gasteiger partial charge in [-0.2, -0.15) is 4.98 Å². The molecule has 2 amide bonds. The molecule has 33 heavy (non-hydrogen) atoms. The van der Waals surface area contributed by atoms with Gasteiger partial charge in [0.25, 0.3) is 5.56 Å². The highest BCUT2D eigenvalue weighted by Gasteiger charge is 2.27. The summed E-state index contributed by atoms with van der Waals surface area (Å²) in [6, 6.07) is 7.68. The summed E-state index contributed by atoms with van der Waals surface area (Å²) in [5.74, 6) is -0.0269. The molecule has 1 fully saturated rings. The number of aromatic nitrogens is 3. The second-order valence-electron chi connectivity index (χ2n) is 8.55. The normalized spacial score (nSPS) is 16.2. The smallest absolute Gasteiger partial charge is 0.273 e. The van der Waals surface area contributed by atoms with Gasteiger partial charge in [0.15, 0.2) is 10.8 Å². The Morgan fingerprint density at radius 1 is 1.30 bits per heavy atom. The van der Waals surface area contributed by atoms with E-state index in [0.717, 1.165) is 24.9 Å². The van der Waals surface area contributed by atoms with Crippen LogP contribution in [0.2, 0.25) is 0 Å². The van der Waals surface area contributed by atoms with Crippen LogP contribution < -0.4 is 21.1 Å². The average molecular weight is 469 g/mol. The minimum atomic E-state index is -0.298. The summed E-state index contributed by atoms with van der Waals surface area (Å²) >= 11 is 1.26. The molecule has 4 rings (SSSR count). The Labute approximate surface area is 195 Å². The van der Waals surface area contributed by atoms with E-state index in [1.54, 1.807) is 7.05 Å². The van der Waals surface area contributed by atoms with Crippen molar-refractivity contribution < 1.29 is 9.59 Å². The van der Waals surface area contributed by atoms with Crippen molar-refractivity contribution in [2.24, 2.45) is 5.92 Å². The summed E-state index contributed by atoms with van der Waals surface area (Å²) in [5.41, 5.74) is 1.89.